The highest BCUT2D eigenvalue weighted by molar-refractivity contribution is 5.67. The Kier molecular flexibility index (Phi) is 8.39. The Morgan fingerprint density at radius 3 is 2.32 bits per heavy atom. The van der Waals surface area contributed by atoms with Crippen LogP contribution in [-0.4, -0.2) is 6.61 Å². The number of alkyl halides is 2. The predicted molar refractivity (Wildman–Crippen MR) is 117 cm³/mol. The van der Waals surface area contributed by atoms with Gasteiger partial charge in [0.1, 0.15) is 5.75 Å². The lowest BCUT2D eigenvalue weighted by Gasteiger charge is -2.29. The average molecular weight is 437 g/mol. The topological polar surface area (TPSA) is 9.23 Å². The van der Waals surface area contributed by atoms with E-state index in [1.54, 1.807) is 13.0 Å². The fourth-order valence-corrected chi connectivity index (χ4v) is 4.72. The highest BCUT2D eigenvalue weighted by Crippen LogP contribution is 2.41. The normalized spacial score (nSPS) is 19.1. The second-order valence-corrected chi connectivity index (χ2v) is 8.53. The van der Waals surface area contributed by atoms with Crippen molar-refractivity contribution in [2.75, 3.05) is 6.61 Å². The zero-order valence-electron chi connectivity index (χ0n) is 18.4. The summed E-state index contributed by atoms with van der Waals surface area (Å²) in [5.74, 6) is -1.05. The maximum absolute atomic E-state index is 15.0. The van der Waals surface area contributed by atoms with E-state index >= 15 is 0 Å². The Hall–Kier alpha value is -2.04. The molecular weight excluding hydrogens is 404 g/mol. The molecule has 1 aliphatic rings. The molecule has 0 amide bonds. The predicted octanol–water partition coefficient (Wildman–Crippen LogP) is 8.82. The number of halogens is 4. The lowest BCUT2D eigenvalue weighted by atomic mass is 9.76. The number of hydrogen-bond acceptors (Lipinski definition) is 1. The maximum Gasteiger partial charge on any atom is 0.267 e. The van der Waals surface area contributed by atoms with E-state index in [1.807, 2.05) is 0 Å². The van der Waals surface area contributed by atoms with Crippen LogP contribution in [0.1, 0.15) is 88.7 Å². The third kappa shape index (κ3) is 5.61. The fourth-order valence-electron chi connectivity index (χ4n) is 4.72. The van der Waals surface area contributed by atoms with Crippen LogP contribution >= 0.6 is 0 Å². The fraction of sp³-hybridized carbons (Fsp3) is 0.538. The molecule has 3 rings (SSSR count). The zero-order valence-corrected chi connectivity index (χ0v) is 18.4. The second-order valence-electron chi connectivity index (χ2n) is 8.53. The van der Waals surface area contributed by atoms with Gasteiger partial charge in [-0.1, -0.05) is 50.8 Å². The van der Waals surface area contributed by atoms with Gasteiger partial charge in [-0.15, -0.1) is 0 Å². The molecule has 31 heavy (non-hydrogen) atoms. The molecule has 0 spiro atoms. The first-order chi connectivity index (χ1) is 15.0. The van der Waals surface area contributed by atoms with Crippen molar-refractivity contribution in [3.8, 4) is 16.9 Å². The van der Waals surface area contributed by atoms with E-state index < -0.39 is 18.1 Å². The van der Waals surface area contributed by atoms with Crippen LogP contribution in [0, 0.1) is 17.6 Å². The summed E-state index contributed by atoms with van der Waals surface area (Å²) in [4.78, 5) is 0. The minimum absolute atomic E-state index is 0.000509. The van der Waals surface area contributed by atoms with Crippen molar-refractivity contribution >= 4 is 0 Å². The lowest BCUT2D eigenvalue weighted by molar-refractivity contribution is 0.145. The first kappa shape index (κ1) is 23.6. The summed E-state index contributed by atoms with van der Waals surface area (Å²) in [7, 11) is 0. The van der Waals surface area contributed by atoms with E-state index in [-0.39, 0.29) is 35.0 Å². The first-order valence-electron chi connectivity index (χ1n) is 11.5. The quantitative estimate of drug-likeness (QED) is 0.282. The summed E-state index contributed by atoms with van der Waals surface area (Å²) >= 11 is 0. The van der Waals surface area contributed by atoms with Gasteiger partial charge in [0.25, 0.3) is 6.43 Å². The van der Waals surface area contributed by atoms with Crippen molar-refractivity contribution in [3.63, 3.8) is 0 Å². The van der Waals surface area contributed by atoms with Crippen LogP contribution in [0.4, 0.5) is 17.6 Å². The summed E-state index contributed by atoms with van der Waals surface area (Å²) in [5, 5.41) is 0. The molecule has 1 nitrogen and oxygen atoms in total. The first-order valence-corrected chi connectivity index (χ1v) is 11.5. The molecule has 5 heteroatoms. The van der Waals surface area contributed by atoms with Crippen molar-refractivity contribution in [2.45, 2.75) is 77.6 Å². The van der Waals surface area contributed by atoms with Crippen molar-refractivity contribution in [2.24, 2.45) is 5.92 Å². The van der Waals surface area contributed by atoms with Crippen LogP contribution in [0.2, 0.25) is 0 Å². The molecule has 2 aromatic carbocycles. The van der Waals surface area contributed by atoms with Crippen LogP contribution in [0.25, 0.3) is 11.1 Å². The number of ether oxygens (including phenoxy) is 1. The van der Waals surface area contributed by atoms with Crippen molar-refractivity contribution in [1.29, 1.82) is 0 Å². The van der Waals surface area contributed by atoms with Gasteiger partial charge in [0, 0.05) is 5.56 Å². The van der Waals surface area contributed by atoms with Crippen LogP contribution in [0.3, 0.4) is 0 Å². The molecule has 0 atom stereocenters. The number of benzene rings is 2. The van der Waals surface area contributed by atoms with E-state index in [1.165, 1.54) is 49.9 Å². The number of unbranched alkanes of at least 4 members (excludes halogenated alkanes) is 2. The Morgan fingerprint density at radius 2 is 1.68 bits per heavy atom. The van der Waals surface area contributed by atoms with Crippen molar-refractivity contribution in [3.05, 3.63) is 53.1 Å². The van der Waals surface area contributed by atoms with Crippen LogP contribution < -0.4 is 4.74 Å². The molecule has 0 N–H and O–H groups in total. The summed E-state index contributed by atoms with van der Waals surface area (Å²) < 4.78 is 62.0. The van der Waals surface area contributed by atoms with E-state index in [4.69, 9.17) is 4.74 Å². The monoisotopic (exact) mass is 436 g/mol. The van der Waals surface area contributed by atoms with Crippen LogP contribution in [0.15, 0.2) is 30.3 Å². The van der Waals surface area contributed by atoms with Gasteiger partial charge < -0.3 is 4.74 Å². The van der Waals surface area contributed by atoms with Gasteiger partial charge in [0.15, 0.2) is 11.6 Å². The molecule has 0 aromatic heterocycles. The van der Waals surface area contributed by atoms with E-state index in [9.17, 15) is 17.6 Å². The molecule has 0 saturated heterocycles. The largest absolute Gasteiger partial charge is 0.493 e. The van der Waals surface area contributed by atoms with Gasteiger partial charge in [-0.2, -0.15) is 0 Å². The maximum atomic E-state index is 15.0. The van der Waals surface area contributed by atoms with Crippen molar-refractivity contribution in [1.82, 2.24) is 0 Å². The third-order valence-electron chi connectivity index (χ3n) is 6.47. The average Bonchev–Trinajstić information content (AvgIpc) is 2.77. The Morgan fingerprint density at radius 1 is 0.935 bits per heavy atom. The lowest BCUT2D eigenvalue weighted by Crippen LogP contribution is -2.15. The Balaban J connectivity index is 1.78. The second kappa shape index (κ2) is 11.0. The zero-order chi connectivity index (χ0) is 22.4. The third-order valence-corrected chi connectivity index (χ3v) is 6.47. The van der Waals surface area contributed by atoms with E-state index in [0.29, 0.717) is 11.5 Å². The summed E-state index contributed by atoms with van der Waals surface area (Å²) in [6.45, 7) is 4.15. The SMILES string of the molecule is CCCCCC1CCC(c2ccc(-c3ccc(OCC)c(C(F)F)c3)c(F)c2F)CC1. The minimum Gasteiger partial charge on any atom is -0.493 e. The molecule has 0 unspecified atom stereocenters. The van der Waals surface area contributed by atoms with Crippen molar-refractivity contribution < 1.29 is 22.3 Å². The molecule has 0 bridgehead atoms. The van der Waals surface area contributed by atoms with Gasteiger partial charge in [0.2, 0.25) is 0 Å². The Bertz CT molecular complexity index is 857. The molecule has 0 aliphatic heterocycles. The van der Waals surface area contributed by atoms with Gasteiger partial charge in [-0.05, 0) is 67.7 Å². The number of hydrogen-bond donors (Lipinski definition) is 0. The van der Waals surface area contributed by atoms with Gasteiger partial charge >= 0.3 is 0 Å². The van der Waals surface area contributed by atoms with Gasteiger partial charge in [-0.3, -0.25) is 0 Å². The van der Waals surface area contributed by atoms with Gasteiger partial charge in [-0.25, -0.2) is 17.6 Å². The molecule has 2 aromatic rings. The molecule has 1 fully saturated rings. The van der Waals surface area contributed by atoms with Crippen LogP contribution in [0.5, 0.6) is 5.75 Å². The summed E-state index contributed by atoms with van der Waals surface area (Å²) in [5.41, 5.74) is 0.318. The molecule has 0 heterocycles. The summed E-state index contributed by atoms with van der Waals surface area (Å²) in [6, 6.07) is 7.23. The molecule has 1 aliphatic carbocycles. The molecular formula is C26H32F4O. The molecule has 170 valence electrons. The van der Waals surface area contributed by atoms with Crippen LogP contribution in [-0.2, 0) is 0 Å². The van der Waals surface area contributed by atoms with E-state index in [2.05, 4.69) is 6.92 Å². The standard InChI is InChI=1S/C26H32F4O/c1-3-5-6-7-17-8-10-18(11-9-17)20-13-14-21(25(28)24(20)27)19-12-15-23(31-4-2)22(16-19)26(29)30/h12-18,26H,3-11H2,1-2H3. The highest BCUT2D eigenvalue weighted by atomic mass is 19.3. The number of rotatable bonds is 9. The van der Waals surface area contributed by atoms with Gasteiger partial charge in [0.05, 0.1) is 12.2 Å². The Labute approximate surface area is 182 Å². The molecule has 1 saturated carbocycles. The van der Waals surface area contributed by atoms with E-state index in [0.717, 1.165) is 25.7 Å². The smallest absolute Gasteiger partial charge is 0.267 e. The molecule has 0 radical (unpaired) electrons. The summed E-state index contributed by atoms with van der Waals surface area (Å²) in [6.07, 6.45) is 5.99. The minimum atomic E-state index is -2.76. The highest BCUT2D eigenvalue weighted by Gasteiger charge is 2.27.